The zero-order valence-corrected chi connectivity index (χ0v) is 14.0. The smallest absolute Gasteiger partial charge is 0.254 e. The predicted octanol–water partition coefficient (Wildman–Crippen LogP) is 3.08. The van der Waals surface area contributed by atoms with Gasteiger partial charge < -0.3 is 15.0 Å². The van der Waals surface area contributed by atoms with Gasteiger partial charge in [-0.2, -0.15) is 0 Å². The van der Waals surface area contributed by atoms with E-state index in [1.54, 1.807) is 24.3 Å². The highest BCUT2D eigenvalue weighted by atomic mass is 16.5. The van der Waals surface area contributed by atoms with E-state index in [1.165, 1.54) is 4.90 Å². The highest BCUT2D eigenvalue weighted by molar-refractivity contribution is 5.96. The number of carbonyl (C=O) groups is 2. The van der Waals surface area contributed by atoms with Crippen molar-refractivity contribution in [3.8, 4) is 11.5 Å². The van der Waals surface area contributed by atoms with Crippen LogP contribution in [-0.4, -0.2) is 36.3 Å². The van der Waals surface area contributed by atoms with Crippen LogP contribution in [0.25, 0.3) is 0 Å². The van der Waals surface area contributed by atoms with Crippen molar-refractivity contribution in [2.75, 3.05) is 19.6 Å². The summed E-state index contributed by atoms with van der Waals surface area (Å²) < 4.78 is 5.71. The van der Waals surface area contributed by atoms with Crippen molar-refractivity contribution < 1.29 is 14.3 Å². The molecule has 5 nitrogen and oxygen atoms in total. The highest BCUT2D eigenvalue weighted by Crippen LogP contribution is 2.21. The number of amides is 2. The normalized spacial score (nSPS) is 10.1. The van der Waals surface area contributed by atoms with Crippen LogP contribution in [0.15, 0.2) is 54.6 Å². The zero-order valence-electron chi connectivity index (χ0n) is 14.0. The lowest BCUT2D eigenvalue weighted by molar-refractivity contribution is -0.121. The summed E-state index contributed by atoms with van der Waals surface area (Å²) in [5, 5.41) is 2.70. The topological polar surface area (TPSA) is 58.6 Å². The van der Waals surface area contributed by atoms with Crippen LogP contribution in [0.4, 0.5) is 0 Å². The molecule has 0 atom stereocenters. The lowest BCUT2D eigenvalue weighted by atomic mass is 10.2. The fourth-order valence-corrected chi connectivity index (χ4v) is 2.23. The molecule has 2 amide bonds. The van der Waals surface area contributed by atoms with Crippen LogP contribution in [0.1, 0.15) is 24.2 Å². The van der Waals surface area contributed by atoms with Gasteiger partial charge in [0.05, 0.1) is 6.54 Å². The van der Waals surface area contributed by atoms with E-state index >= 15 is 0 Å². The summed E-state index contributed by atoms with van der Waals surface area (Å²) in [5.74, 6) is 1.07. The molecule has 0 heterocycles. The first-order chi connectivity index (χ1) is 11.6. The number of hydrogen-bond acceptors (Lipinski definition) is 3. The number of likely N-dealkylation sites (N-methyl/N-ethyl adjacent to an activating group) is 2. The lowest BCUT2D eigenvalue weighted by Crippen LogP contribution is -2.40. The van der Waals surface area contributed by atoms with Crippen molar-refractivity contribution >= 4 is 11.8 Å². The van der Waals surface area contributed by atoms with Gasteiger partial charge in [0.1, 0.15) is 11.5 Å². The minimum atomic E-state index is -0.171. The molecule has 0 aliphatic heterocycles. The maximum absolute atomic E-state index is 12.5. The maximum Gasteiger partial charge on any atom is 0.254 e. The van der Waals surface area contributed by atoms with Crippen LogP contribution in [-0.2, 0) is 4.79 Å². The van der Waals surface area contributed by atoms with Gasteiger partial charge in [0.15, 0.2) is 0 Å². The minimum absolute atomic E-state index is 0.0610. The van der Waals surface area contributed by atoms with Crippen molar-refractivity contribution in [3.05, 3.63) is 60.2 Å². The molecular weight excluding hydrogens is 304 g/mol. The number of ether oxygens (including phenoxy) is 1. The number of nitrogens with zero attached hydrogens (tertiary/aromatic N) is 1. The van der Waals surface area contributed by atoms with Gasteiger partial charge in [0, 0.05) is 18.7 Å². The number of nitrogens with one attached hydrogen (secondary N) is 1. The third kappa shape index (κ3) is 4.84. The molecule has 0 saturated carbocycles. The molecule has 1 N–H and O–H groups in total. The Morgan fingerprint density at radius 3 is 2.17 bits per heavy atom. The molecule has 0 bridgehead atoms. The van der Waals surface area contributed by atoms with E-state index < -0.39 is 0 Å². The molecule has 2 aromatic carbocycles. The number of carbonyl (C=O) groups excluding carboxylic acids is 2. The fraction of sp³-hybridized carbons (Fsp3) is 0.263. The standard InChI is InChI=1S/C19H22N2O3/c1-3-20-18(22)14-21(4-2)19(23)15-10-12-17(13-11-15)24-16-8-6-5-7-9-16/h5-13H,3-4,14H2,1-2H3,(H,20,22). The predicted molar refractivity (Wildman–Crippen MR) is 93.2 cm³/mol. The Hall–Kier alpha value is -2.82. The quantitative estimate of drug-likeness (QED) is 0.850. The summed E-state index contributed by atoms with van der Waals surface area (Å²) in [5.41, 5.74) is 0.529. The molecular formula is C19H22N2O3. The molecule has 2 rings (SSSR count). The summed E-state index contributed by atoms with van der Waals surface area (Å²) in [4.78, 5) is 25.7. The van der Waals surface area contributed by atoms with Crippen LogP contribution in [0.2, 0.25) is 0 Å². The van der Waals surface area contributed by atoms with Crippen molar-refractivity contribution in [1.29, 1.82) is 0 Å². The molecule has 0 fully saturated rings. The van der Waals surface area contributed by atoms with Crippen molar-refractivity contribution in [3.63, 3.8) is 0 Å². The summed E-state index contributed by atoms with van der Waals surface area (Å²) >= 11 is 0. The average molecular weight is 326 g/mol. The average Bonchev–Trinajstić information content (AvgIpc) is 2.61. The molecule has 0 radical (unpaired) electrons. The van der Waals surface area contributed by atoms with Crippen molar-refractivity contribution in [2.24, 2.45) is 0 Å². The molecule has 0 unspecified atom stereocenters. The molecule has 5 heteroatoms. The van der Waals surface area contributed by atoms with Crippen LogP contribution in [0, 0.1) is 0 Å². The van der Waals surface area contributed by atoms with E-state index in [2.05, 4.69) is 5.32 Å². The molecule has 2 aromatic rings. The van der Waals surface area contributed by atoms with E-state index in [4.69, 9.17) is 4.74 Å². The number of hydrogen-bond donors (Lipinski definition) is 1. The van der Waals surface area contributed by atoms with Crippen LogP contribution >= 0.6 is 0 Å². The minimum Gasteiger partial charge on any atom is -0.457 e. The highest BCUT2D eigenvalue weighted by Gasteiger charge is 2.17. The lowest BCUT2D eigenvalue weighted by Gasteiger charge is -2.20. The second-order valence-electron chi connectivity index (χ2n) is 5.21. The maximum atomic E-state index is 12.5. The first-order valence-electron chi connectivity index (χ1n) is 8.03. The van der Waals surface area contributed by atoms with E-state index in [0.717, 1.165) is 5.75 Å². The van der Waals surface area contributed by atoms with Gasteiger partial charge in [-0.1, -0.05) is 18.2 Å². The van der Waals surface area contributed by atoms with E-state index in [-0.39, 0.29) is 18.4 Å². The summed E-state index contributed by atoms with van der Waals surface area (Å²) in [6, 6.07) is 16.4. The van der Waals surface area contributed by atoms with Gasteiger partial charge in [-0.05, 0) is 50.2 Å². The van der Waals surface area contributed by atoms with Gasteiger partial charge in [-0.15, -0.1) is 0 Å². The Balaban J connectivity index is 2.03. The molecule has 126 valence electrons. The second-order valence-corrected chi connectivity index (χ2v) is 5.21. The molecule has 0 aliphatic carbocycles. The third-order valence-corrected chi connectivity index (χ3v) is 3.46. The largest absolute Gasteiger partial charge is 0.457 e. The first kappa shape index (κ1) is 17.5. The summed E-state index contributed by atoms with van der Waals surface area (Å²) in [7, 11) is 0. The Labute approximate surface area is 142 Å². The van der Waals surface area contributed by atoms with Gasteiger partial charge in [0.25, 0.3) is 5.91 Å². The van der Waals surface area contributed by atoms with Gasteiger partial charge in [0.2, 0.25) is 5.91 Å². The Bertz CT molecular complexity index is 669. The fourth-order valence-electron chi connectivity index (χ4n) is 2.23. The molecule has 0 aliphatic rings. The summed E-state index contributed by atoms with van der Waals surface area (Å²) in [6.45, 7) is 4.78. The third-order valence-electron chi connectivity index (χ3n) is 3.46. The Morgan fingerprint density at radius 1 is 0.958 bits per heavy atom. The number of rotatable bonds is 7. The van der Waals surface area contributed by atoms with Crippen LogP contribution in [0.3, 0.4) is 0 Å². The monoisotopic (exact) mass is 326 g/mol. The number of para-hydroxylation sites is 1. The molecule has 0 spiro atoms. The Morgan fingerprint density at radius 2 is 1.58 bits per heavy atom. The van der Waals surface area contributed by atoms with E-state index in [9.17, 15) is 9.59 Å². The van der Waals surface area contributed by atoms with Gasteiger partial charge in [-0.3, -0.25) is 9.59 Å². The van der Waals surface area contributed by atoms with E-state index in [1.807, 2.05) is 44.2 Å². The van der Waals surface area contributed by atoms with Gasteiger partial charge in [-0.25, -0.2) is 0 Å². The molecule has 0 saturated heterocycles. The van der Waals surface area contributed by atoms with Crippen LogP contribution in [0.5, 0.6) is 11.5 Å². The van der Waals surface area contributed by atoms with E-state index in [0.29, 0.717) is 24.4 Å². The van der Waals surface area contributed by atoms with Crippen molar-refractivity contribution in [1.82, 2.24) is 10.2 Å². The number of benzene rings is 2. The SMILES string of the molecule is CCNC(=O)CN(CC)C(=O)c1ccc(Oc2ccccc2)cc1. The molecule has 0 aromatic heterocycles. The summed E-state index contributed by atoms with van der Waals surface area (Å²) in [6.07, 6.45) is 0. The first-order valence-corrected chi connectivity index (χ1v) is 8.03. The molecule has 24 heavy (non-hydrogen) atoms. The van der Waals surface area contributed by atoms with Gasteiger partial charge >= 0.3 is 0 Å². The van der Waals surface area contributed by atoms with Crippen LogP contribution < -0.4 is 10.1 Å². The van der Waals surface area contributed by atoms with Crippen molar-refractivity contribution in [2.45, 2.75) is 13.8 Å². The zero-order chi connectivity index (χ0) is 17.4. The second kappa shape index (κ2) is 8.72. The Kier molecular flexibility index (Phi) is 6.37.